The van der Waals surface area contributed by atoms with Crippen molar-refractivity contribution < 1.29 is 14.3 Å². The molecule has 31 heavy (non-hydrogen) atoms. The number of nitrogens with two attached hydrogens (primary N) is 2. The van der Waals surface area contributed by atoms with Gasteiger partial charge in [-0.2, -0.15) is 0 Å². The third kappa shape index (κ3) is 4.74. The Kier molecular flexibility index (Phi) is 6.55. The Balaban J connectivity index is 1.44. The van der Waals surface area contributed by atoms with Gasteiger partial charge in [0.15, 0.2) is 0 Å². The Morgan fingerprint density at radius 1 is 1.13 bits per heavy atom. The Hall–Kier alpha value is -2.48. The van der Waals surface area contributed by atoms with Crippen LogP contribution in [0.2, 0.25) is 0 Å². The highest BCUT2D eigenvalue weighted by molar-refractivity contribution is 5.70. The molecule has 3 heterocycles. The van der Waals surface area contributed by atoms with Gasteiger partial charge in [-0.1, -0.05) is 6.42 Å². The molecule has 8 nitrogen and oxygen atoms in total. The second-order valence-corrected chi connectivity index (χ2v) is 9.05. The molecular formula is C23H35N5O3. The van der Waals surface area contributed by atoms with Crippen LogP contribution in [0.4, 0.5) is 4.79 Å². The molecule has 0 radical (unpaired) electrons. The van der Waals surface area contributed by atoms with Crippen LogP contribution in [0.1, 0.15) is 69.2 Å². The van der Waals surface area contributed by atoms with E-state index in [0.717, 1.165) is 50.0 Å². The van der Waals surface area contributed by atoms with Crippen LogP contribution in [0.25, 0.3) is 5.70 Å². The summed E-state index contributed by atoms with van der Waals surface area (Å²) in [5.41, 5.74) is 8.70. The van der Waals surface area contributed by atoms with Crippen LogP contribution >= 0.6 is 0 Å². The summed E-state index contributed by atoms with van der Waals surface area (Å²) in [6, 6.07) is 4.39. The maximum atomic E-state index is 12.6. The van der Waals surface area contributed by atoms with Gasteiger partial charge in [0, 0.05) is 19.1 Å². The maximum Gasteiger partial charge on any atom is 0.410 e. The molecule has 0 aromatic carbocycles. The van der Waals surface area contributed by atoms with Crippen molar-refractivity contribution >= 4 is 11.8 Å². The summed E-state index contributed by atoms with van der Waals surface area (Å²) in [4.78, 5) is 19.2. The summed E-state index contributed by atoms with van der Waals surface area (Å²) >= 11 is 0. The van der Waals surface area contributed by atoms with Crippen LogP contribution in [0, 0.1) is 6.92 Å². The zero-order valence-electron chi connectivity index (χ0n) is 18.7. The third-order valence-corrected chi connectivity index (χ3v) is 6.89. The number of carbonyl (C=O) groups excluding carboxylic acids is 1. The van der Waals surface area contributed by atoms with Gasteiger partial charge in [-0.05, 0) is 70.4 Å². The fourth-order valence-corrected chi connectivity index (χ4v) is 5.12. The smallest absolute Gasteiger partial charge is 0.410 e. The van der Waals surface area contributed by atoms with Crippen LogP contribution in [0.15, 0.2) is 17.8 Å². The number of carbonyl (C=O) groups is 1. The zero-order chi connectivity index (χ0) is 22.0. The van der Waals surface area contributed by atoms with Gasteiger partial charge >= 0.3 is 6.09 Å². The normalized spacial score (nSPS) is 24.2. The zero-order valence-corrected chi connectivity index (χ0v) is 18.7. The first-order valence-electron chi connectivity index (χ1n) is 11.5. The van der Waals surface area contributed by atoms with Crippen LogP contribution in [-0.4, -0.2) is 52.8 Å². The maximum absolute atomic E-state index is 12.6. The van der Waals surface area contributed by atoms with Gasteiger partial charge in [0.05, 0.1) is 28.9 Å². The Bertz CT molecular complexity index is 815. The van der Waals surface area contributed by atoms with Crippen molar-refractivity contribution in [3.8, 4) is 5.75 Å². The molecule has 2 saturated heterocycles. The summed E-state index contributed by atoms with van der Waals surface area (Å²) in [6.45, 7) is 1.93. The van der Waals surface area contributed by atoms with Crippen molar-refractivity contribution in [2.24, 2.45) is 11.6 Å². The SMILES string of the molecule is Cc1nc(/C(N)=C(\COC(=O)N2C3CCC2CC3)N(C)N)ccc1OC1CCCCC1. The molecule has 1 amide bonds. The van der Waals surface area contributed by atoms with Gasteiger partial charge in [-0.15, -0.1) is 0 Å². The highest BCUT2D eigenvalue weighted by Gasteiger charge is 2.43. The largest absolute Gasteiger partial charge is 0.489 e. The lowest BCUT2D eigenvalue weighted by Gasteiger charge is -2.25. The molecular weight excluding hydrogens is 394 g/mol. The molecule has 170 valence electrons. The van der Waals surface area contributed by atoms with E-state index >= 15 is 0 Å². The lowest BCUT2D eigenvalue weighted by atomic mass is 9.98. The molecule has 1 aromatic rings. The number of aryl methyl sites for hydroxylation is 1. The standard InChI is InChI=1S/C23H35N5O3/c1-15-21(31-18-6-4-3-5-7-18)13-12-19(26-15)22(24)20(27(2)25)14-30-23(29)28-16-8-9-17(28)11-10-16/h12-13,16-18H,3-11,14,24-25H2,1-2H3/b22-20-. The predicted molar refractivity (Wildman–Crippen MR) is 119 cm³/mol. The number of pyridine rings is 1. The first-order chi connectivity index (χ1) is 14.9. The number of hydrazine groups is 1. The summed E-state index contributed by atoms with van der Waals surface area (Å²) in [5.74, 6) is 6.80. The summed E-state index contributed by atoms with van der Waals surface area (Å²) < 4.78 is 11.8. The number of rotatable bonds is 6. The minimum Gasteiger partial charge on any atom is -0.489 e. The quantitative estimate of drug-likeness (QED) is 0.528. The van der Waals surface area contributed by atoms with E-state index in [2.05, 4.69) is 4.98 Å². The highest BCUT2D eigenvalue weighted by Crippen LogP contribution is 2.37. The molecule has 2 aliphatic heterocycles. The summed E-state index contributed by atoms with van der Waals surface area (Å²) in [6.07, 6.45) is 10.2. The molecule has 8 heteroatoms. The van der Waals surface area contributed by atoms with E-state index in [4.69, 9.17) is 21.1 Å². The molecule has 1 aromatic heterocycles. The molecule has 2 bridgehead atoms. The van der Waals surface area contributed by atoms with Crippen molar-refractivity contribution in [2.45, 2.75) is 82.9 Å². The van der Waals surface area contributed by atoms with Crippen molar-refractivity contribution in [3.63, 3.8) is 0 Å². The number of hydrogen-bond acceptors (Lipinski definition) is 7. The topological polar surface area (TPSA) is 107 Å². The van der Waals surface area contributed by atoms with Crippen LogP contribution in [0.5, 0.6) is 5.75 Å². The van der Waals surface area contributed by atoms with Gasteiger partial charge < -0.3 is 25.1 Å². The van der Waals surface area contributed by atoms with Gasteiger partial charge in [0.25, 0.3) is 0 Å². The van der Waals surface area contributed by atoms with E-state index in [1.54, 1.807) is 7.05 Å². The van der Waals surface area contributed by atoms with Crippen molar-refractivity contribution in [2.75, 3.05) is 13.7 Å². The first-order valence-corrected chi connectivity index (χ1v) is 11.5. The van der Waals surface area contributed by atoms with Gasteiger partial charge in [0.1, 0.15) is 12.4 Å². The van der Waals surface area contributed by atoms with Crippen LogP contribution < -0.4 is 16.3 Å². The van der Waals surface area contributed by atoms with Crippen molar-refractivity contribution in [1.29, 1.82) is 0 Å². The number of likely N-dealkylation sites (N-methyl/N-ethyl adjacent to an activating group) is 1. The molecule has 1 saturated carbocycles. The Morgan fingerprint density at radius 3 is 2.35 bits per heavy atom. The number of fused-ring (bicyclic) bond motifs is 2. The summed E-state index contributed by atoms with van der Waals surface area (Å²) in [5, 5.41) is 1.39. The van der Waals surface area contributed by atoms with Crippen molar-refractivity contribution in [1.82, 2.24) is 14.9 Å². The second-order valence-electron chi connectivity index (χ2n) is 9.05. The monoisotopic (exact) mass is 429 g/mol. The molecule has 0 spiro atoms. The Labute approximate surface area is 184 Å². The van der Waals surface area contributed by atoms with Crippen LogP contribution in [-0.2, 0) is 4.74 Å². The number of hydrogen-bond donors (Lipinski definition) is 2. The summed E-state index contributed by atoms with van der Waals surface area (Å²) in [7, 11) is 1.68. The molecule has 3 fully saturated rings. The number of amides is 1. The number of aromatic nitrogens is 1. The fraction of sp³-hybridized carbons (Fsp3) is 0.652. The van der Waals surface area contributed by atoms with E-state index in [0.29, 0.717) is 29.2 Å². The predicted octanol–water partition coefficient (Wildman–Crippen LogP) is 3.30. The van der Waals surface area contributed by atoms with Gasteiger partial charge in [-0.3, -0.25) is 0 Å². The highest BCUT2D eigenvalue weighted by atomic mass is 16.6. The molecule has 4 rings (SSSR count). The molecule has 1 aliphatic carbocycles. The number of ether oxygens (including phenoxy) is 2. The second kappa shape index (κ2) is 9.34. The first kappa shape index (κ1) is 21.7. The molecule has 3 aliphatic rings. The average molecular weight is 430 g/mol. The minimum absolute atomic E-state index is 0.00859. The van der Waals surface area contributed by atoms with Crippen molar-refractivity contribution in [3.05, 3.63) is 29.2 Å². The minimum atomic E-state index is -0.280. The average Bonchev–Trinajstić information content (AvgIpc) is 3.36. The lowest BCUT2D eigenvalue weighted by molar-refractivity contribution is 0.0990. The van der Waals surface area contributed by atoms with E-state index in [1.807, 2.05) is 24.0 Å². The molecule has 0 unspecified atom stereocenters. The fourth-order valence-electron chi connectivity index (χ4n) is 5.12. The number of nitrogens with zero attached hydrogens (tertiary/aromatic N) is 3. The third-order valence-electron chi connectivity index (χ3n) is 6.89. The Morgan fingerprint density at radius 2 is 1.77 bits per heavy atom. The van der Waals surface area contributed by atoms with E-state index in [-0.39, 0.29) is 18.8 Å². The van der Waals surface area contributed by atoms with Gasteiger partial charge in [0.2, 0.25) is 0 Å². The van der Waals surface area contributed by atoms with E-state index in [9.17, 15) is 4.79 Å². The molecule has 4 N–H and O–H groups in total. The van der Waals surface area contributed by atoms with Gasteiger partial charge in [-0.25, -0.2) is 15.6 Å². The lowest BCUT2D eigenvalue weighted by Crippen LogP contribution is -2.37. The van der Waals surface area contributed by atoms with E-state index < -0.39 is 0 Å². The van der Waals surface area contributed by atoms with Crippen LogP contribution in [0.3, 0.4) is 0 Å². The molecule has 0 atom stereocenters. The van der Waals surface area contributed by atoms with E-state index in [1.165, 1.54) is 24.3 Å².